The van der Waals surface area contributed by atoms with Gasteiger partial charge in [0.2, 0.25) is 5.69 Å². The molecule has 0 saturated heterocycles. The molecule has 3 aromatic carbocycles. The molecule has 0 bridgehead atoms. The largest absolute Gasteiger partial charge is 0.344 e. The third-order valence-electron chi connectivity index (χ3n) is 8.88. The Morgan fingerprint density at radius 2 is 1.69 bits per heavy atom. The molecular weight excluding hydrogens is 540 g/mol. The number of unbranched alkanes of at least 4 members (excludes halogenated alkanes) is 1. The predicted molar refractivity (Wildman–Crippen MR) is 176 cm³/mol. The maximum Gasteiger partial charge on any atom is 0.264 e. The van der Waals surface area contributed by atoms with Gasteiger partial charge in [-0.3, -0.25) is 4.55 Å². The summed E-state index contributed by atoms with van der Waals surface area (Å²) < 4.78 is 34.2. The molecule has 0 aromatic heterocycles. The van der Waals surface area contributed by atoms with Gasteiger partial charge in [-0.25, -0.2) is 0 Å². The normalized spacial score (nSPS) is 18.6. The molecule has 42 heavy (non-hydrogen) atoms. The van der Waals surface area contributed by atoms with E-state index in [9.17, 15) is 13.0 Å². The van der Waals surface area contributed by atoms with Gasteiger partial charge in [0.05, 0.1) is 11.2 Å². The Hall–Kier alpha value is -3.48. The first-order valence-electron chi connectivity index (χ1n) is 14.9. The summed E-state index contributed by atoms with van der Waals surface area (Å²) in [5, 5.41) is 2.45. The fourth-order valence-corrected chi connectivity index (χ4v) is 7.39. The molecule has 0 fully saturated rings. The van der Waals surface area contributed by atoms with Crippen molar-refractivity contribution < 1.29 is 17.5 Å². The van der Waals surface area contributed by atoms with Gasteiger partial charge >= 0.3 is 0 Å². The number of likely N-dealkylation sites (N-methyl/N-ethyl adjacent to an activating group) is 1. The maximum absolute atomic E-state index is 11.3. The molecule has 3 aromatic rings. The van der Waals surface area contributed by atoms with E-state index in [2.05, 4.69) is 136 Å². The van der Waals surface area contributed by atoms with Crippen molar-refractivity contribution in [2.24, 2.45) is 0 Å². The molecule has 5 nitrogen and oxygen atoms in total. The van der Waals surface area contributed by atoms with E-state index in [4.69, 9.17) is 0 Å². The van der Waals surface area contributed by atoms with Crippen molar-refractivity contribution in [2.75, 3.05) is 23.7 Å². The van der Waals surface area contributed by atoms with Crippen LogP contribution in [0.25, 0.3) is 10.8 Å². The maximum atomic E-state index is 11.3. The van der Waals surface area contributed by atoms with E-state index in [1.54, 1.807) is 0 Å². The molecule has 0 unspecified atom stereocenters. The molecule has 0 spiro atoms. The van der Waals surface area contributed by atoms with Crippen LogP contribution in [0.5, 0.6) is 0 Å². The highest BCUT2D eigenvalue weighted by Gasteiger charge is 2.45. The van der Waals surface area contributed by atoms with E-state index < -0.39 is 10.1 Å². The topological polar surface area (TPSA) is 60.6 Å². The summed E-state index contributed by atoms with van der Waals surface area (Å²) in [6.45, 7) is 15.1. The molecule has 1 N–H and O–H groups in total. The average Bonchev–Trinajstić information content (AvgIpc) is 3.28. The number of allylic oxidation sites excluding steroid dienone is 6. The molecule has 220 valence electrons. The number of nitrogens with zero attached hydrogens (tertiary/aromatic N) is 2. The van der Waals surface area contributed by atoms with Crippen LogP contribution in [0.3, 0.4) is 0 Å². The Bertz CT molecular complexity index is 1760. The second-order valence-corrected chi connectivity index (χ2v) is 14.1. The first-order chi connectivity index (χ1) is 19.9. The van der Waals surface area contributed by atoms with Gasteiger partial charge in [-0.15, -0.1) is 0 Å². The SMILES string of the molecule is CCN1/C(=C/C=C/C=C/C2=[N+](CCCCS(=O)(=O)O)c3ccc4ccccc4c3C2(C)C)C(C)(C)c2cc(C)ccc21. The summed E-state index contributed by atoms with van der Waals surface area (Å²) in [4.78, 5) is 2.41. The van der Waals surface area contributed by atoms with E-state index in [0.29, 0.717) is 19.4 Å². The molecular formula is C36H43N2O3S+. The monoisotopic (exact) mass is 583 g/mol. The zero-order valence-electron chi connectivity index (χ0n) is 25.7. The van der Waals surface area contributed by atoms with Gasteiger partial charge in [-0.05, 0) is 68.7 Å². The van der Waals surface area contributed by atoms with Crippen LogP contribution in [0.1, 0.15) is 64.2 Å². The molecule has 0 amide bonds. The van der Waals surface area contributed by atoms with Gasteiger partial charge in [0, 0.05) is 47.5 Å². The van der Waals surface area contributed by atoms with E-state index in [0.717, 1.165) is 12.2 Å². The van der Waals surface area contributed by atoms with Crippen LogP contribution in [0.15, 0.2) is 90.7 Å². The summed E-state index contributed by atoms with van der Waals surface area (Å²) >= 11 is 0. The molecule has 0 atom stereocenters. The van der Waals surface area contributed by atoms with Crippen LogP contribution in [0, 0.1) is 6.92 Å². The quantitative estimate of drug-likeness (QED) is 0.120. The number of hydrogen-bond acceptors (Lipinski definition) is 3. The molecule has 2 heterocycles. The lowest BCUT2D eigenvalue weighted by Gasteiger charge is -2.25. The highest BCUT2D eigenvalue weighted by atomic mass is 32.2. The predicted octanol–water partition coefficient (Wildman–Crippen LogP) is 8.01. The summed E-state index contributed by atoms with van der Waals surface area (Å²) in [6, 6.07) is 19.6. The molecule has 2 aliphatic rings. The fourth-order valence-electron chi connectivity index (χ4n) is 6.82. The number of benzene rings is 3. The first-order valence-corrected chi connectivity index (χ1v) is 16.5. The Morgan fingerprint density at radius 1 is 0.929 bits per heavy atom. The second kappa shape index (κ2) is 11.3. The summed E-state index contributed by atoms with van der Waals surface area (Å²) in [5.74, 6) is -0.216. The van der Waals surface area contributed by atoms with Crippen molar-refractivity contribution in [2.45, 2.75) is 65.2 Å². The van der Waals surface area contributed by atoms with Gasteiger partial charge in [0.1, 0.15) is 6.54 Å². The lowest BCUT2D eigenvalue weighted by Crippen LogP contribution is -2.28. The van der Waals surface area contributed by atoms with Gasteiger partial charge in [0.25, 0.3) is 10.1 Å². The minimum atomic E-state index is -3.96. The van der Waals surface area contributed by atoms with Gasteiger partial charge in [-0.1, -0.05) is 74.0 Å². The van der Waals surface area contributed by atoms with Crippen molar-refractivity contribution in [1.29, 1.82) is 0 Å². The number of aryl methyl sites for hydroxylation is 1. The van der Waals surface area contributed by atoms with E-state index in [1.807, 2.05) is 0 Å². The van der Waals surface area contributed by atoms with Crippen LogP contribution >= 0.6 is 0 Å². The number of hydrogen-bond donors (Lipinski definition) is 1. The average molecular weight is 584 g/mol. The van der Waals surface area contributed by atoms with Crippen molar-refractivity contribution in [3.05, 3.63) is 107 Å². The Kier molecular flexibility index (Phi) is 8.08. The minimum absolute atomic E-state index is 0.0742. The van der Waals surface area contributed by atoms with Crippen molar-refractivity contribution >= 4 is 38.0 Å². The van der Waals surface area contributed by atoms with Gasteiger partial charge < -0.3 is 4.90 Å². The summed E-state index contributed by atoms with van der Waals surface area (Å²) in [6.07, 6.45) is 11.9. The lowest BCUT2D eigenvalue weighted by molar-refractivity contribution is -0.438. The molecule has 0 aliphatic carbocycles. The third kappa shape index (κ3) is 5.50. The highest BCUT2D eigenvalue weighted by molar-refractivity contribution is 7.85. The van der Waals surface area contributed by atoms with Crippen molar-refractivity contribution in [3.63, 3.8) is 0 Å². The van der Waals surface area contributed by atoms with Crippen LogP contribution in [-0.2, 0) is 20.9 Å². The Morgan fingerprint density at radius 3 is 2.43 bits per heavy atom. The van der Waals surface area contributed by atoms with E-state index in [1.165, 1.54) is 44.6 Å². The van der Waals surface area contributed by atoms with Crippen molar-refractivity contribution in [1.82, 2.24) is 0 Å². The fraction of sp³-hybridized carbons (Fsp3) is 0.361. The number of anilines is 1. The number of rotatable bonds is 9. The lowest BCUT2D eigenvalue weighted by atomic mass is 9.79. The van der Waals surface area contributed by atoms with E-state index >= 15 is 0 Å². The first kappa shape index (κ1) is 30.0. The molecule has 6 heteroatoms. The van der Waals surface area contributed by atoms with Gasteiger partial charge in [0.15, 0.2) is 5.71 Å². The summed E-state index contributed by atoms with van der Waals surface area (Å²) in [5.41, 5.74) is 8.56. The number of fused-ring (bicyclic) bond motifs is 4. The smallest absolute Gasteiger partial charge is 0.264 e. The second-order valence-electron chi connectivity index (χ2n) is 12.5. The molecule has 0 radical (unpaired) electrons. The zero-order chi connectivity index (χ0) is 30.3. The third-order valence-corrected chi connectivity index (χ3v) is 9.69. The zero-order valence-corrected chi connectivity index (χ0v) is 26.5. The standard InChI is InChI=1S/C36H42N2O3S/c1-7-37-30-21-19-26(2)25-29(30)35(3,4)32(37)17-9-8-10-18-33-36(5,6)34-28-16-12-11-15-27(28)20-22-31(34)38(33)23-13-14-24-42(39,40)41/h8-12,15-22,25H,7,13-14,23-24H2,1-6H3/p+1. The highest BCUT2D eigenvalue weighted by Crippen LogP contribution is 2.48. The summed E-state index contributed by atoms with van der Waals surface area (Å²) in [7, 11) is -3.96. The Labute approximate surface area is 251 Å². The van der Waals surface area contributed by atoms with E-state index in [-0.39, 0.29) is 16.6 Å². The molecule has 0 saturated carbocycles. The Balaban J connectivity index is 1.46. The van der Waals surface area contributed by atoms with Crippen LogP contribution < -0.4 is 4.90 Å². The van der Waals surface area contributed by atoms with Crippen molar-refractivity contribution in [3.8, 4) is 0 Å². The van der Waals surface area contributed by atoms with Crippen LogP contribution in [0.4, 0.5) is 11.4 Å². The van der Waals surface area contributed by atoms with Crippen LogP contribution in [0.2, 0.25) is 0 Å². The molecule has 5 rings (SSSR count). The van der Waals surface area contributed by atoms with Gasteiger partial charge in [-0.2, -0.15) is 13.0 Å². The minimum Gasteiger partial charge on any atom is -0.344 e. The van der Waals surface area contributed by atoms with Crippen LogP contribution in [-0.4, -0.2) is 42.1 Å². The molecule has 2 aliphatic heterocycles.